The fourth-order valence-electron chi connectivity index (χ4n) is 3.54. The van der Waals surface area contributed by atoms with E-state index in [9.17, 15) is 9.50 Å². The Morgan fingerprint density at radius 1 is 1.08 bits per heavy atom. The molecule has 140 valence electrons. The number of piperazine rings is 1. The van der Waals surface area contributed by atoms with E-state index in [2.05, 4.69) is 14.8 Å². The molecule has 0 atom stereocenters. The third-order valence-electron chi connectivity index (χ3n) is 5.12. The topological polar surface area (TPSA) is 65.1 Å². The first kappa shape index (κ1) is 20.2. The summed E-state index contributed by atoms with van der Waals surface area (Å²) in [5.41, 5.74) is 6.49. The maximum atomic E-state index is 13.0. The summed E-state index contributed by atoms with van der Waals surface area (Å²) in [7, 11) is 0. The Morgan fingerprint density at radius 2 is 1.68 bits per heavy atom. The number of benzene rings is 1. The van der Waals surface area contributed by atoms with Crippen LogP contribution in [-0.2, 0) is 0 Å². The van der Waals surface area contributed by atoms with E-state index in [1.54, 1.807) is 12.1 Å². The number of aliphatic hydroxyl groups is 1. The number of rotatable bonds is 3. The number of hydrogen-bond donors (Lipinski definition) is 2. The molecule has 1 aliphatic carbocycles. The van der Waals surface area contributed by atoms with Crippen LogP contribution in [0.3, 0.4) is 0 Å². The van der Waals surface area contributed by atoms with E-state index >= 15 is 0 Å². The summed E-state index contributed by atoms with van der Waals surface area (Å²) < 4.78 is 13.0. The Kier molecular flexibility index (Phi) is 7.30. The predicted molar refractivity (Wildman–Crippen MR) is 110 cm³/mol. The largest absolute Gasteiger partial charge is 0.388 e. The van der Waals surface area contributed by atoms with Crippen LogP contribution in [0.5, 0.6) is 0 Å². The molecule has 1 saturated carbocycles. The van der Waals surface area contributed by atoms with Crippen LogP contribution < -0.4 is 10.6 Å². The van der Waals surface area contributed by atoms with Crippen molar-refractivity contribution in [2.75, 3.05) is 37.6 Å². The van der Waals surface area contributed by atoms with Gasteiger partial charge in [0, 0.05) is 31.9 Å². The van der Waals surface area contributed by atoms with Gasteiger partial charge in [-0.05, 0) is 37.1 Å². The highest BCUT2D eigenvalue weighted by atomic mass is 127. The van der Waals surface area contributed by atoms with Gasteiger partial charge in [-0.3, -0.25) is 4.99 Å². The van der Waals surface area contributed by atoms with Crippen LogP contribution in [0.2, 0.25) is 0 Å². The lowest BCUT2D eigenvalue weighted by Gasteiger charge is -2.37. The molecule has 3 rings (SSSR count). The highest BCUT2D eigenvalue weighted by Gasteiger charge is 2.29. The number of nitrogens with zero attached hydrogens (tertiary/aromatic N) is 3. The summed E-state index contributed by atoms with van der Waals surface area (Å²) in [5, 5.41) is 10.5. The number of halogens is 2. The van der Waals surface area contributed by atoms with E-state index in [0.29, 0.717) is 12.5 Å². The fraction of sp³-hybridized carbons (Fsp3) is 0.611. The molecule has 0 bridgehead atoms. The van der Waals surface area contributed by atoms with Gasteiger partial charge in [-0.25, -0.2) is 4.39 Å². The SMILES string of the molecule is I.NC(=NCC1(O)CCCCC1)N1CCN(c2ccc(F)cc2)CC1. The van der Waals surface area contributed by atoms with Crippen molar-refractivity contribution >= 4 is 35.6 Å². The zero-order valence-electron chi connectivity index (χ0n) is 14.5. The number of aliphatic imine (C=N–C) groups is 1. The molecule has 0 radical (unpaired) electrons. The second kappa shape index (κ2) is 9.02. The second-order valence-corrected chi connectivity index (χ2v) is 6.91. The molecule has 2 fully saturated rings. The van der Waals surface area contributed by atoms with Crippen LogP contribution in [-0.4, -0.2) is 54.3 Å². The zero-order chi connectivity index (χ0) is 17.0. The normalized spacial score (nSPS) is 21.0. The molecular formula is C18H28FIN4O. The maximum Gasteiger partial charge on any atom is 0.191 e. The molecule has 1 heterocycles. The average Bonchev–Trinajstić information content (AvgIpc) is 2.61. The van der Waals surface area contributed by atoms with Gasteiger partial charge in [0.25, 0.3) is 0 Å². The molecule has 1 aromatic carbocycles. The van der Waals surface area contributed by atoms with Gasteiger partial charge < -0.3 is 20.6 Å². The van der Waals surface area contributed by atoms with Crippen molar-refractivity contribution in [3.8, 4) is 0 Å². The maximum absolute atomic E-state index is 13.0. The molecule has 1 aromatic rings. The van der Waals surface area contributed by atoms with Crippen molar-refractivity contribution in [1.82, 2.24) is 4.90 Å². The summed E-state index contributed by atoms with van der Waals surface area (Å²) in [6.45, 7) is 3.62. The summed E-state index contributed by atoms with van der Waals surface area (Å²) >= 11 is 0. The smallest absolute Gasteiger partial charge is 0.191 e. The molecule has 5 nitrogen and oxygen atoms in total. The van der Waals surface area contributed by atoms with Gasteiger partial charge in [-0.15, -0.1) is 24.0 Å². The monoisotopic (exact) mass is 462 g/mol. The van der Waals surface area contributed by atoms with Gasteiger partial charge in [0.2, 0.25) is 0 Å². The van der Waals surface area contributed by atoms with Crippen LogP contribution >= 0.6 is 24.0 Å². The number of hydrogen-bond acceptors (Lipinski definition) is 3. The van der Waals surface area contributed by atoms with Crippen molar-refractivity contribution in [2.24, 2.45) is 10.7 Å². The molecule has 1 saturated heterocycles. The molecule has 0 spiro atoms. The Balaban J connectivity index is 0.00000225. The second-order valence-electron chi connectivity index (χ2n) is 6.91. The molecule has 7 heteroatoms. The summed E-state index contributed by atoms with van der Waals surface area (Å²) in [6, 6.07) is 6.59. The molecule has 0 unspecified atom stereocenters. The van der Waals surface area contributed by atoms with Gasteiger partial charge >= 0.3 is 0 Å². The first-order valence-electron chi connectivity index (χ1n) is 8.84. The summed E-state index contributed by atoms with van der Waals surface area (Å²) in [4.78, 5) is 8.74. The van der Waals surface area contributed by atoms with Crippen molar-refractivity contribution in [2.45, 2.75) is 37.7 Å². The first-order valence-corrected chi connectivity index (χ1v) is 8.84. The van der Waals surface area contributed by atoms with E-state index in [1.807, 2.05) is 0 Å². The van der Waals surface area contributed by atoms with Crippen LogP contribution in [0.1, 0.15) is 32.1 Å². The Bertz CT molecular complexity index is 567. The molecule has 1 aliphatic heterocycles. The standard InChI is InChI=1S/C18H27FN4O.HI/c19-15-4-6-16(7-5-15)22-10-12-23(13-11-22)17(20)21-14-18(24)8-2-1-3-9-18;/h4-7,24H,1-3,8-14H2,(H2,20,21);1H. The van der Waals surface area contributed by atoms with E-state index in [-0.39, 0.29) is 29.8 Å². The van der Waals surface area contributed by atoms with Crippen LogP contribution in [0.4, 0.5) is 10.1 Å². The Morgan fingerprint density at radius 3 is 2.28 bits per heavy atom. The lowest BCUT2D eigenvalue weighted by atomic mass is 9.85. The number of nitrogens with two attached hydrogens (primary N) is 1. The zero-order valence-corrected chi connectivity index (χ0v) is 16.9. The highest BCUT2D eigenvalue weighted by molar-refractivity contribution is 14.0. The van der Waals surface area contributed by atoms with Gasteiger partial charge in [-0.2, -0.15) is 0 Å². The van der Waals surface area contributed by atoms with Crippen LogP contribution in [0.25, 0.3) is 0 Å². The molecule has 2 aliphatic rings. The molecule has 25 heavy (non-hydrogen) atoms. The van der Waals surface area contributed by atoms with Gasteiger partial charge in [-0.1, -0.05) is 19.3 Å². The van der Waals surface area contributed by atoms with Crippen LogP contribution in [0.15, 0.2) is 29.3 Å². The molecule has 0 amide bonds. The van der Waals surface area contributed by atoms with Crippen molar-refractivity contribution in [3.05, 3.63) is 30.1 Å². The quantitative estimate of drug-likeness (QED) is 0.412. The summed E-state index contributed by atoms with van der Waals surface area (Å²) in [6.07, 6.45) is 4.99. The molecule has 0 aromatic heterocycles. The van der Waals surface area contributed by atoms with Gasteiger partial charge in [0.15, 0.2) is 5.96 Å². The van der Waals surface area contributed by atoms with E-state index in [1.165, 1.54) is 18.6 Å². The van der Waals surface area contributed by atoms with E-state index in [0.717, 1.165) is 57.5 Å². The Labute approximate surface area is 166 Å². The fourth-order valence-corrected chi connectivity index (χ4v) is 3.54. The van der Waals surface area contributed by atoms with E-state index in [4.69, 9.17) is 5.73 Å². The highest BCUT2D eigenvalue weighted by Crippen LogP contribution is 2.28. The third-order valence-corrected chi connectivity index (χ3v) is 5.12. The predicted octanol–water partition coefficient (Wildman–Crippen LogP) is 2.58. The van der Waals surface area contributed by atoms with Gasteiger partial charge in [0.1, 0.15) is 5.82 Å². The minimum absolute atomic E-state index is 0. The van der Waals surface area contributed by atoms with Gasteiger partial charge in [0.05, 0.1) is 12.1 Å². The minimum Gasteiger partial charge on any atom is -0.388 e. The average molecular weight is 462 g/mol. The first-order chi connectivity index (χ1) is 11.6. The van der Waals surface area contributed by atoms with Crippen molar-refractivity contribution < 1.29 is 9.50 Å². The molecular weight excluding hydrogens is 434 g/mol. The lowest BCUT2D eigenvalue weighted by molar-refractivity contribution is 0.0130. The lowest BCUT2D eigenvalue weighted by Crippen LogP contribution is -2.51. The third kappa shape index (κ3) is 5.44. The summed E-state index contributed by atoms with van der Waals surface area (Å²) in [5.74, 6) is 0.308. The van der Waals surface area contributed by atoms with Crippen molar-refractivity contribution in [3.63, 3.8) is 0 Å². The number of anilines is 1. The van der Waals surface area contributed by atoms with Crippen molar-refractivity contribution in [1.29, 1.82) is 0 Å². The molecule has 3 N–H and O–H groups in total. The van der Waals surface area contributed by atoms with E-state index < -0.39 is 5.60 Å². The van der Waals surface area contributed by atoms with Crippen LogP contribution in [0, 0.1) is 5.82 Å². The Hall–Kier alpha value is -1.09. The minimum atomic E-state index is -0.668. The number of guanidine groups is 1.